The van der Waals surface area contributed by atoms with Crippen molar-refractivity contribution in [2.45, 2.75) is 19.4 Å². The molecule has 2 N–H and O–H groups in total. The summed E-state index contributed by atoms with van der Waals surface area (Å²) >= 11 is 0. The molecule has 0 unspecified atom stereocenters. The number of β-amino-alcohol motifs (C(OH)–C–C–N with tert-alkyl or cyclic N) is 1. The largest absolute Gasteiger partial charge is 0.480 e. The van der Waals surface area contributed by atoms with Gasteiger partial charge in [-0.25, -0.2) is 0 Å². The van der Waals surface area contributed by atoms with E-state index in [-0.39, 0.29) is 6.54 Å². The van der Waals surface area contributed by atoms with E-state index < -0.39 is 11.6 Å². The van der Waals surface area contributed by atoms with Crippen LogP contribution in [0.25, 0.3) is 0 Å². The molecule has 0 aromatic carbocycles. The lowest BCUT2D eigenvalue weighted by Gasteiger charge is -2.36. The summed E-state index contributed by atoms with van der Waals surface area (Å²) < 4.78 is 0. The van der Waals surface area contributed by atoms with E-state index in [1.165, 1.54) is 0 Å². The Morgan fingerprint density at radius 3 is 2.07 bits per heavy atom. The van der Waals surface area contributed by atoms with Crippen LogP contribution in [0.3, 0.4) is 0 Å². The maximum absolute atomic E-state index is 10.5. The van der Waals surface area contributed by atoms with Crippen molar-refractivity contribution in [1.82, 2.24) is 9.80 Å². The summed E-state index contributed by atoms with van der Waals surface area (Å²) in [5, 5.41) is 18.3. The van der Waals surface area contributed by atoms with Crippen LogP contribution in [0.4, 0.5) is 0 Å². The molecular formula is C10H20N2O3. The van der Waals surface area contributed by atoms with Gasteiger partial charge in [-0.1, -0.05) is 0 Å². The van der Waals surface area contributed by atoms with Crippen molar-refractivity contribution in [2.75, 3.05) is 39.3 Å². The van der Waals surface area contributed by atoms with Gasteiger partial charge >= 0.3 is 5.97 Å². The van der Waals surface area contributed by atoms with Gasteiger partial charge in [-0.15, -0.1) is 0 Å². The summed E-state index contributed by atoms with van der Waals surface area (Å²) in [6, 6.07) is 0. The minimum atomic E-state index is -0.772. The normalized spacial score (nSPS) is 20.5. The highest BCUT2D eigenvalue weighted by atomic mass is 16.4. The molecule has 0 atom stereocenters. The molecule has 5 heteroatoms. The van der Waals surface area contributed by atoms with E-state index in [4.69, 9.17) is 5.11 Å². The number of piperazine rings is 1. The highest BCUT2D eigenvalue weighted by Gasteiger charge is 2.23. The minimum Gasteiger partial charge on any atom is -0.480 e. The lowest BCUT2D eigenvalue weighted by molar-refractivity contribution is -0.138. The van der Waals surface area contributed by atoms with E-state index in [2.05, 4.69) is 4.90 Å². The lowest BCUT2D eigenvalue weighted by Crippen LogP contribution is -2.51. The Morgan fingerprint density at radius 1 is 1.20 bits per heavy atom. The number of rotatable bonds is 4. The minimum absolute atomic E-state index is 0.121. The highest BCUT2D eigenvalue weighted by molar-refractivity contribution is 5.69. The third kappa shape index (κ3) is 5.11. The van der Waals surface area contributed by atoms with Crippen molar-refractivity contribution < 1.29 is 15.0 Å². The van der Waals surface area contributed by atoms with E-state index >= 15 is 0 Å². The molecule has 0 amide bonds. The topological polar surface area (TPSA) is 64.0 Å². The zero-order valence-corrected chi connectivity index (χ0v) is 9.44. The molecule has 1 aliphatic heterocycles. The molecule has 15 heavy (non-hydrogen) atoms. The first kappa shape index (κ1) is 12.4. The van der Waals surface area contributed by atoms with Gasteiger partial charge < -0.3 is 10.2 Å². The van der Waals surface area contributed by atoms with Crippen LogP contribution in [0.2, 0.25) is 0 Å². The molecule has 0 aliphatic carbocycles. The van der Waals surface area contributed by atoms with Gasteiger partial charge in [-0.2, -0.15) is 0 Å². The molecule has 0 radical (unpaired) electrons. The van der Waals surface area contributed by atoms with E-state index in [0.717, 1.165) is 26.2 Å². The van der Waals surface area contributed by atoms with E-state index in [1.54, 1.807) is 13.8 Å². The molecule has 0 saturated carbocycles. The van der Waals surface area contributed by atoms with Gasteiger partial charge in [-0.3, -0.25) is 14.6 Å². The first-order valence-corrected chi connectivity index (χ1v) is 5.26. The molecule has 1 rings (SSSR count). The molecule has 1 fully saturated rings. The van der Waals surface area contributed by atoms with Crippen LogP contribution in [0.15, 0.2) is 0 Å². The third-order valence-corrected chi connectivity index (χ3v) is 2.43. The molecule has 0 spiro atoms. The number of carbonyl (C=O) groups is 1. The fourth-order valence-corrected chi connectivity index (χ4v) is 1.84. The summed E-state index contributed by atoms with van der Waals surface area (Å²) in [5.41, 5.74) is -0.672. The molecular weight excluding hydrogens is 196 g/mol. The smallest absolute Gasteiger partial charge is 0.317 e. The lowest BCUT2D eigenvalue weighted by atomic mass is 10.1. The standard InChI is InChI=1S/C10H20N2O3/c1-10(2,15)8-12-5-3-11(4-6-12)7-9(13)14/h15H,3-8H2,1-2H3,(H,13,14). The van der Waals surface area contributed by atoms with Crippen LogP contribution in [0.1, 0.15) is 13.8 Å². The monoisotopic (exact) mass is 216 g/mol. The van der Waals surface area contributed by atoms with Crippen LogP contribution < -0.4 is 0 Å². The van der Waals surface area contributed by atoms with Crippen molar-refractivity contribution in [1.29, 1.82) is 0 Å². The van der Waals surface area contributed by atoms with Crippen LogP contribution in [0, 0.1) is 0 Å². The average molecular weight is 216 g/mol. The highest BCUT2D eigenvalue weighted by Crippen LogP contribution is 2.08. The Kier molecular flexibility index (Phi) is 4.07. The number of carboxylic acids is 1. The summed E-state index contributed by atoms with van der Waals surface area (Å²) in [6.45, 7) is 7.54. The molecule has 1 aliphatic rings. The van der Waals surface area contributed by atoms with Crippen molar-refractivity contribution in [3.63, 3.8) is 0 Å². The summed E-state index contributed by atoms with van der Waals surface area (Å²) in [7, 11) is 0. The first-order chi connectivity index (χ1) is 6.87. The zero-order chi connectivity index (χ0) is 11.5. The maximum Gasteiger partial charge on any atom is 0.317 e. The quantitative estimate of drug-likeness (QED) is 0.661. The summed E-state index contributed by atoms with van der Waals surface area (Å²) in [4.78, 5) is 14.6. The molecule has 0 aromatic heterocycles. The van der Waals surface area contributed by atoms with Gasteiger partial charge in [0, 0.05) is 32.7 Å². The number of hydrogen-bond acceptors (Lipinski definition) is 4. The molecule has 1 saturated heterocycles. The van der Waals surface area contributed by atoms with Crippen LogP contribution in [-0.2, 0) is 4.79 Å². The molecule has 5 nitrogen and oxygen atoms in total. The van der Waals surface area contributed by atoms with E-state index in [0.29, 0.717) is 6.54 Å². The van der Waals surface area contributed by atoms with Crippen molar-refractivity contribution >= 4 is 5.97 Å². The third-order valence-electron chi connectivity index (χ3n) is 2.43. The Balaban J connectivity index is 2.27. The van der Waals surface area contributed by atoms with Gasteiger partial charge in [0.25, 0.3) is 0 Å². The van der Waals surface area contributed by atoms with Gasteiger partial charge in [0.1, 0.15) is 0 Å². The summed E-state index contributed by atoms with van der Waals surface area (Å²) in [5.74, 6) is -0.772. The van der Waals surface area contributed by atoms with Crippen molar-refractivity contribution in [3.8, 4) is 0 Å². The first-order valence-electron chi connectivity index (χ1n) is 5.26. The van der Waals surface area contributed by atoms with E-state index in [1.807, 2.05) is 4.90 Å². The predicted octanol–water partition coefficient (Wildman–Crippen LogP) is -0.540. The molecule has 0 bridgehead atoms. The van der Waals surface area contributed by atoms with Gasteiger partial charge in [0.15, 0.2) is 0 Å². The number of aliphatic hydroxyl groups is 1. The second kappa shape index (κ2) is 4.92. The number of hydrogen-bond donors (Lipinski definition) is 2. The zero-order valence-electron chi connectivity index (χ0n) is 9.44. The number of carboxylic acid groups (broad SMARTS) is 1. The van der Waals surface area contributed by atoms with Gasteiger partial charge in [-0.05, 0) is 13.8 Å². The Labute approximate surface area is 90.3 Å². The average Bonchev–Trinajstić information content (AvgIpc) is 2.05. The maximum atomic E-state index is 10.5. The summed E-state index contributed by atoms with van der Waals surface area (Å²) in [6.07, 6.45) is 0. The van der Waals surface area contributed by atoms with E-state index in [9.17, 15) is 9.90 Å². The fourth-order valence-electron chi connectivity index (χ4n) is 1.84. The Morgan fingerprint density at radius 2 is 1.67 bits per heavy atom. The van der Waals surface area contributed by atoms with Crippen molar-refractivity contribution in [3.05, 3.63) is 0 Å². The van der Waals surface area contributed by atoms with Crippen LogP contribution >= 0.6 is 0 Å². The number of aliphatic carboxylic acids is 1. The molecule has 88 valence electrons. The number of nitrogens with zero attached hydrogens (tertiary/aromatic N) is 2. The van der Waals surface area contributed by atoms with Crippen molar-refractivity contribution in [2.24, 2.45) is 0 Å². The second-order valence-electron chi connectivity index (χ2n) is 4.76. The molecule has 0 aromatic rings. The predicted molar refractivity (Wildman–Crippen MR) is 56.8 cm³/mol. The fraction of sp³-hybridized carbons (Fsp3) is 0.900. The second-order valence-corrected chi connectivity index (χ2v) is 4.76. The molecule has 1 heterocycles. The Hall–Kier alpha value is -0.650. The van der Waals surface area contributed by atoms with Gasteiger partial charge in [0.2, 0.25) is 0 Å². The van der Waals surface area contributed by atoms with Crippen LogP contribution in [0.5, 0.6) is 0 Å². The van der Waals surface area contributed by atoms with Crippen LogP contribution in [-0.4, -0.2) is 70.9 Å². The Bertz CT molecular complexity index is 217. The van der Waals surface area contributed by atoms with Gasteiger partial charge in [0.05, 0.1) is 12.1 Å². The SMILES string of the molecule is CC(C)(O)CN1CCN(CC(=O)O)CC1.